The maximum Gasteiger partial charge on any atom is 0.250 e. The van der Waals surface area contributed by atoms with Crippen LogP contribution in [0.25, 0.3) is 0 Å². The second-order valence-electron chi connectivity index (χ2n) is 5.67. The molecule has 1 aliphatic rings. The molecule has 3 N–H and O–H groups in total. The number of carbonyl (C=O) groups excluding carboxylic acids is 1. The van der Waals surface area contributed by atoms with Crippen LogP contribution in [0.2, 0.25) is 5.02 Å². The highest BCUT2D eigenvalue weighted by molar-refractivity contribution is 7.89. The Morgan fingerprint density at radius 1 is 1.40 bits per heavy atom. The van der Waals surface area contributed by atoms with Crippen LogP contribution in [0.4, 0.5) is 5.82 Å². The molecule has 0 spiro atoms. The Morgan fingerprint density at radius 3 is 2.80 bits per heavy atom. The van der Waals surface area contributed by atoms with Gasteiger partial charge in [0.15, 0.2) is 0 Å². The van der Waals surface area contributed by atoms with Crippen LogP contribution in [0.5, 0.6) is 0 Å². The molecule has 132 valence electrons. The summed E-state index contributed by atoms with van der Waals surface area (Å²) in [5.74, 6) is -0.0500. The zero-order chi connectivity index (χ0) is 18.2. The van der Waals surface area contributed by atoms with E-state index in [1.165, 1.54) is 19.3 Å². The number of primary amides is 1. The number of nitrogens with two attached hydrogens (primary N) is 1. The van der Waals surface area contributed by atoms with Crippen molar-refractivity contribution in [2.45, 2.75) is 17.9 Å². The van der Waals surface area contributed by atoms with Crippen molar-refractivity contribution in [3.63, 3.8) is 0 Å². The summed E-state index contributed by atoms with van der Waals surface area (Å²) in [5.41, 5.74) is 7.18. The standard InChI is InChI=1S/C16H17ClN4O3S/c1-19-25(23,24)14-4-2-3-10-9-21(6-5-12(10)14)16-13(17)7-11(8-20-16)15(18)22/h2-4,7-8,19H,5-6,9H2,1H3,(H2,18,22). The Kier molecular flexibility index (Phi) is 4.68. The molecule has 9 heteroatoms. The average molecular weight is 381 g/mol. The normalized spacial score (nSPS) is 14.2. The Labute approximate surface area is 150 Å². The van der Waals surface area contributed by atoms with E-state index >= 15 is 0 Å². The third-order valence-electron chi connectivity index (χ3n) is 4.19. The molecule has 0 aliphatic carbocycles. The molecule has 0 saturated heterocycles. The van der Waals surface area contributed by atoms with Crippen LogP contribution in [0.1, 0.15) is 21.5 Å². The molecule has 7 nitrogen and oxygen atoms in total. The number of aromatic nitrogens is 1. The topological polar surface area (TPSA) is 105 Å². The molecule has 0 saturated carbocycles. The fraction of sp³-hybridized carbons (Fsp3) is 0.250. The summed E-state index contributed by atoms with van der Waals surface area (Å²) in [5, 5.41) is 0.332. The van der Waals surface area contributed by atoms with Crippen LogP contribution < -0.4 is 15.4 Å². The first-order chi connectivity index (χ1) is 11.8. The Hall–Kier alpha value is -2.16. The molecule has 0 fully saturated rings. The highest BCUT2D eigenvalue weighted by Gasteiger charge is 2.25. The van der Waals surface area contributed by atoms with Gasteiger partial charge in [-0.2, -0.15) is 0 Å². The third-order valence-corrected chi connectivity index (χ3v) is 5.96. The molecule has 3 rings (SSSR count). The summed E-state index contributed by atoms with van der Waals surface area (Å²) in [6.07, 6.45) is 1.93. The number of amides is 1. The number of hydrogen-bond acceptors (Lipinski definition) is 5. The lowest BCUT2D eigenvalue weighted by Gasteiger charge is -2.31. The van der Waals surface area contributed by atoms with Crippen molar-refractivity contribution in [1.82, 2.24) is 9.71 Å². The lowest BCUT2D eigenvalue weighted by atomic mass is 10.00. The number of anilines is 1. The second kappa shape index (κ2) is 6.62. The van der Waals surface area contributed by atoms with E-state index in [2.05, 4.69) is 9.71 Å². The second-order valence-corrected chi connectivity index (χ2v) is 7.93. The number of carbonyl (C=O) groups is 1. The van der Waals surface area contributed by atoms with E-state index in [-0.39, 0.29) is 5.56 Å². The molecular formula is C16H17ClN4O3S. The SMILES string of the molecule is CNS(=O)(=O)c1cccc2c1CCN(c1ncc(C(N)=O)cc1Cl)C2. The molecule has 25 heavy (non-hydrogen) atoms. The van der Waals surface area contributed by atoms with Gasteiger partial charge in [-0.15, -0.1) is 0 Å². The number of nitrogens with zero attached hydrogens (tertiary/aromatic N) is 2. The first-order valence-corrected chi connectivity index (χ1v) is 9.44. The lowest BCUT2D eigenvalue weighted by Crippen LogP contribution is -2.33. The van der Waals surface area contributed by atoms with Crippen LogP contribution in [-0.4, -0.2) is 32.9 Å². The van der Waals surface area contributed by atoms with Crippen molar-refractivity contribution < 1.29 is 13.2 Å². The Morgan fingerprint density at radius 2 is 2.16 bits per heavy atom. The molecule has 0 atom stereocenters. The highest BCUT2D eigenvalue weighted by atomic mass is 35.5. The smallest absolute Gasteiger partial charge is 0.250 e. The van der Waals surface area contributed by atoms with Gasteiger partial charge in [0.25, 0.3) is 0 Å². The van der Waals surface area contributed by atoms with Gasteiger partial charge in [0, 0.05) is 19.3 Å². The van der Waals surface area contributed by atoms with Crippen molar-refractivity contribution >= 4 is 33.3 Å². The number of fused-ring (bicyclic) bond motifs is 1. The van der Waals surface area contributed by atoms with Crippen molar-refractivity contribution in [3.8, 4) is 0 Å². The van der Waals surface area contributed by atoms with Crippen molar-refractivity contribution in [3.05, 3.63) is 52.2 Å². The predicted molar refractivity (Wildman–Crippen MR) is 95.2 cm³/mol. The fourth-order valence-electron chi connectivity index (χ4n) is 2.92. The van der Waals surface area contributed by atoms with Crippen LogP contribution in [0.15, 0.2) is 35.4 Å². The van der Waals surface area contributed by atoms with Gasteiger partial charge in [-0.25, -0.2) is 18.1 Å². The first kappa shape index (κ1) is 17.7. The van der Waals surface area contributed by atoms with Gasteiger partial charge in [0.1, 0.15) is 5.82 Å². The molecule has 2 heterocycles. The monoisotopic (exact) mass is 380 g/mol. The maximum absolute atomic E-state index is 12.2. The van der Waals surface area contributed by atoms with Crippen LogP contribution in [0.3, 0.4) is 0 Å². The third kappa shape index (κ3) is 3.33. The summed E-state index contributed by atoms with van der Waals surface area (Å²) < 4.78 is 26.7. The fourth-order valence-corrected chi connectivity index (χ4v) is 4.24. The van der Waals surface area contributed by atoms with Gasteiger partial charge in [0.05, 0.1) is 15.5 Å². The summed E-state index contributed by atoms with van der Waals surface area (Å²) in [4.78, 5) is 17.7. The molecule has 1 aromatic heterocycles. The zero-order valence-electron chi connectivity index (χ0n) is 13.5. The van der Waals surface area contributed by atoms with Gasteiger partial charge in [-0.1, -0.05) is 23.7 Å². The maximum atomic E-state index is 12.2. The largest absolute Gasteiger partial charge is 0.366 e. The number of benzene rings is 1. The van der Waals surface area contributed by atoms with Gasteiger partial charge in [0.2, 0.25) is 15.9 Å². The molecule has 1 aromatic carbocycles. The minimum atomic E-state index is -3.51. The van der Waals surface area contributed by atoms with E-state index in [0.29, 0.717) is 35.2 Å². The predicted octanol–water partition coefficient (Wildman–Crippen LogP) is 1.30. The van der Waals surface area contributed by atoms with E-state index in [9.17, 15) is 13.2 Å². The van der Waals surface area contributed by atoms with E-state index < -0.39 is 15.9 Å². The van der Waals surface area contributed by atoms with Crippen molar-refractivity contribution in [1.29, 1.82) is 0 Å². The number of nitrogens with one attached hydrogen (secondary N) is 1. The minimum absolute atomic E-state index is 0.244. The highest BCUT2D eigenvalue weighted by Crippen LogP contribution is 2.31. The van der Waals surface area contributed by atoms with E-state index in [4.69, 9.17) is 17.3 Å². The van der Waals surface area contributed by atoms with Crippen LogP contribution in [-0.2, 0) is 23.0 Å². The number of hydrogen-bond donors (Lipinski definition) is 2. The lowest BCUT2D eigenvalue weighted by molar-refractivity contribution is 0.1000. The van der Waals surface area contributed by atoms with Gasteiger partial charge < -0.3 is 10.6 Å². The van der Waals surface area contributed by atoms with Crippen molar-refractivity contribution in [2.75, 3.05) is 18.5 Å². The van der Waals surface area contributed by atoms with Gasteiger partial charge in [-0.3, -0.25) is 4.79 Å². The molecule has 1 amide bonds. The van der Waals surface area contributed by atoms with E-state index in [0.717, 1.165) is 11.1 Å². The Balaban J connectivity index is 1.95. The van der Waals surface area contributed by atoms with Crippen LogP contribution >= 0.6 is 11.6 Å². The minimum Gasteiger partial charge on any atom is -0.366 e. The molecule has 2 aromatic rings. The first-order valence-electron chi connectivity index (χ1n) is 7.58. The molecule has 0 unspecified atom stereocenters. The molecule has 0 radical (unpaired) electrons. The molecular weight excluding hydrogens is 364 g/mol. The Bertz CT molecular complexity index is 946. The zero-order valence-corrected chi connectivity index (χ0v) is 15.1. The quantitative estimate of drug-likeness (QED) is 0.831. The summed E-state index contributed by atoms with van der Waals surface area (Å²) in [6.45, 7) is 1.04. The van der Waals surface area contributed by atoms with E-state index in [1.54, 1.807) is 12.1 Å². The van der Waals surface area contributed by atoms with E-state index in [1.807, 2.05) is 11.0 Å². The van der Waals surface area contributed by atoms with Gasteiger partial charge >= 0.3 is 0 Å². The van der Waals surface area contributed by atoms with Crippen molar-refractivity contribution in [2.24, 2.45) is 5.73 Å². The number of sulfonamides is 1. The molecule has 0 bridgehead atoms. The summed E-state index contributed by atoms with van der Waals surface area (Å²) in [6, 6.07) is 6.70. The number of pyridine rings is 1. The summed E-state index contributed by atoms with van der Waals surface area (Å²) >= 11 is 6.24. The number of rotatable bonds is 4. The number of halogens is 1. The van der Waals surface area contributed by atoms with Crippen LogP contribution in [0, 0.1) is 0 Å². The average Bonchev–Trinajstić information content (AvgIpc) is 2.60. The van der Waals surface area contributed by atoms with Gasteiger partial charge in [-0.05, 0) is 36.7 Å². The molecule has 1 aliphatic heterocycles. The summed E-state index contributed by atoms with van der Waals surface area (Å²) in [7, 11) is -2.11.